The first kappa shape index (κ1) is 14.0. The molecule has 0 heterocycles. The van der Waals surface area contributed by atoms with E-state index in [9.17, 15) is 13.2 Å². The van der Waals surface area contributed by atoms with Gasteiger partial charge in [0.15, 0.2) is 0 Å². The van der Waals surface area contributed by atoms with Crippen molar-refractivity contribution in [2.24, 2.45) is 0 Å². The number of hydrogen-bond acceptors (Lipinski definition) is 4. The maximum absolute atomic E-state index is 11.8. The molecule has 0 saturated carbocycles. The predicted octanol–water partition coefficient (Wildman–Crippen LogP) is 0.269. The first-order valence-corrected chi connectivity index (χ1v) is 6.42. The monoisotopic (exact) mass is 268 g/mol. The summed E-state index contributed by atoms with van der Waals surface area (Å²) in [7, 11) is -3.77. The van der Waals surface area contributed by atoms with Crippen molar-refractivity contribution in [3.05, 3.63) is 23.8 Å². The van der Waals surface area contributed by atoms with Gasteiger partial charge in [-0.25, -0.2) is 17.9 Å². The zero-order chi connectivity index (χ0) is 13.8. The third-order valence-corrected chi connectivity index (χ3v) is 3.64. The van der Waals surface area contributed by atoms with E-state index in [0.717, 1.165) is 12.1 Å². The predicted molar refractivity (Wildman–Crippen MR) is 66.5 cm³/mol. The van der Waals surface area contributed by atoms with Crippen LogP contribution in [-0.2, 0) is 10.0 Å². The number of nitrogens with two attached hydrogens (primary N) is 1. The molecule has 0 aliphatic carbocycles. The van der Waals surface area contributed by atoms with Gasteiger partial charge < -0.3 is 10.8 Å². The highest BCUT2D eigenvalue weighted by molar-refractivity contribution is 7.89. The summed E-state index contributed by atoms with van der Waals surface area (Å²) in [6.45, 7) is 0.0962. The molecular weight excluding hydrogens is 256 g/mol. The summed E-state index contributed by atoms with van der Waals surface area (Å²) >= 11 is 0. The Morgan fingerprint density at radius 3 is 2.67 bits per heavy atom. The highest BCUT2D eigenvalue weighted by atomic mass is 32.2. The van der Waals surface area contributed by atoms with Crippen molar-refractivity contribution in [1.82, 2.24) is 4.72 Å². The second-order valence-corrected chi connectivity index (χ2v) is 5.15. The molecule has 1 aromatic carbocycles. The van der Waals surface area contributed by atoms with Gasteiger partial charge in [-0.1, -0.05) is 0 Å². The van der Waals surface area contributed by atoms with Gasteiger partial charge in [0.2, 0.25) is 10.0 Å². The number of sulfonamides is 1. The lowest BCUT2D eigenvalue weighted by Gasteiger charge is -2.08. The standard InChI is InChI=1S/C11H12N2O4S/c1-2-3-6-13-18(16,17)10-5-4-8(11(14)15)7-9(10)12/h1,4-5,7,13H,3,6,12H2,(H,14,15). The van der Waals surface area contributed by atoms with Gasteiger partial charge in [0.05, 0.1) is 11.3 Å². The van der Waals surface area contributed by atoms with Crippen LogP contribution in [0.4, 0.5) is 5.69 Å². The molecule has 6 nitrogen and oxygen atoms in total. The molecule has 0 aliphatic rings. The zero-order valence-corrected chi connectivity index (χ0v) is 10.2. The van der Waals surface area contributed by atoms with E-state index in [-0.39, 0.29) is 29.1 Å². The number of benzene rings is 1. The lowest BCUT2D eigenvalue weighted by molar-refractivity contribution is 0.0697. The number of anilines is 1. The molecular formula is C11H12N2O4S. The topological polar surface area (TPSA) is 109 Å². The van der Waals surface area contributed by atoms with Crippen LogP contribution in [0.5, 0.6) is 0 Å². The normalized spacial score (nSPS) is 10.8. The van der Waals surface area contributed by atoms with Gasteiger partial charge in [-0.15, -0.1) is 12.3 Å². The summed E-state index contributed by atoms with van der Waals surface area (Å²) in [6, 6.07) is 3.42. The van der Waals surface area contributed by atoms with Crippen molar-refractivity contribution in [1.29, 1.82) is 0 Å². The molecule has 7 heteroatoms. The van der Waals surface area contributed by atoms with Crippen molar-refractivity contribution >= 4 is 21.7 Å². The van der Waals surface area contributed by atoms with Gasteiger partial charge in [-0.3, -0.25) is 0 Å². The van der Waals surface area contributed by atoms with Gasteiger partial charge in [0.25, 0.3) is 0 Å². The molecule has 0 aromatic heterocycles. The number of rotatable bonds is 5. The van der Waals surface area contributed by atoms with Crippen molar-refractivity contribution < 1.29 is 18.3 Å². The van der Waals surface area contributed by atoms with Crippen LogP contribution in [0.2, 0.25) is 0 Å². The maximum Gasteiger partial charge on any atom is 0.335 e. The molecule has 0 amide bonds. The van der Waals surface area contributed by atoms with E-state index in [1.165, 1.54) is 6.07 Å². The molecule has 0 spiro atoms. The van der Waals surface area contributed by atoms with Crippen LogP contribution in [0.1, 0.15) is 16.8 Å². The lowest BCUT2D eigenvalue weighted by Crippen LogP contribution is -2.25. The minimum atomic E-state index is -3.77. The van der Waals surface area contributed by atoms with Gasteiger partial charge in [0, 0.05) is 13.0 Å². The lowest BCUT2D eigenvalue weighted by atomic mass is 10.2. The summed E-state index contributed by atoms with van der Waals surface area (Å²) in [4.78, 5) is 10.5. The minimum absolute atomic E-state index is 0.0740. The first-order chi connectivity index (χ1) is 8.38. The Hall–Kier alpha value is -2.04. The van der Waals surface area contributed by atoms with Crippen LogP contribution in [0.3, 0.4) is 0 Å². The van der Waals surface area contributed by atoms with Gasteiger partial charge in [0.1, 0.15) is 4.90 Å². The van der Waals surface area contributed by atoms with Crippen molar-refractivity contribution in [3.8, 4) is 12.3 Å². The van der Waals surface area contributed by atoms with Crippen molar-refractivity contribution in [2.75, 3.05) is 12.3 Å². The van der Waals surface area contributed by atoms with Crippen molar-refractivity contribution in [2.45, 2.75) is 11.3 Å². The third-order valence-electron chi connectivity index (χ3n) is 2.11. The number of carboxylic acids is 1. The molecule has 0 bridgehead atoms. The smallest absolute Gasteiger partial charge is 0.335 e. The fourth-order valence-corrected chi connectivity index (χ4v) is 2.40. The summed E-state index contributed by atoms with van der Waals surface area (Å²) in [6.07, 6.45) is 5.26. The van der Waals surface area contributed by atoms with E-state index in [4.69, 9.17) is 17.3 Å². The molecule has 0 fully saturated rings. The van der Waals surface area contributed by atoms with Gasteiger partial charge >= 0.3 is 5.97 Å². The number of carbonyl (C=O) groups is 1. The highest BCUT2D eigenvalue weighted by Gasteiger charge is 2.18. The summed E-state index contributed by atoms with van der Waals surface area (Å²) in [5, 5.41) is 8.73. The van der Waals surface area contributed by atoms with E-state index >= 15 is 0 Å². The third kappa shape index (κ3) is 3.23. The number of terminal acetylenes is 1. The van der Waals surface area contributed by atoms with E-state index in [2.05, 4.69) is 10.6 Å². The first-order valence-electron chi connectivity index (χ1n) is 4.94. The van der Waals surface area contributed by atoms with E-state index in [0.29, 0.717) is 0 Å². The van der Waals surface area contributed by atoms with Crippen LogP contribution in [-0.4, -0.2) is 26.0 Å². The SMILES string of the molecule is C#CCCNS(=O)(=O)c1ccc(C(=O)O)cc1N. The highest BCUT2D eigenvalue weighted by Crippen LogP contribution is 2.19. The quantitative estimate of drug-likeness (QED) is 0.403. The average Bonchev–Trinajstić information content (AvgIpc) is 2.28. The molecule has 18 heavy (non-hydrogen) atoms. The van der Waals surface area contributed by atoms with Gasteiger partial charge in [-0.2, -0.15) is 0 Å². The molecule has 0 saturated heterocycles. The summed E-state index contributed by atoms with van der Waals surface area (Å²) in [5.74, 6) is 1.12. The van der Waals surface area contributed by atoms with Crippen LogP contribution >= 0.6 is 0 Å². The van der Waals surface area contributed by atoms with Crippen molar-refractivity contribution in [3.63, 3.8) is 0 Å². The van der Waals surface area contributed by atoms with Crippen LogP contribution in [0, 0.1) is 12.3 Å². The number of carboxylic acid groups (broad SMARTS) is 1. The van der Waals surface area contributed by atoms with Gasteiger partial charge in [-0.05, 0) is 18.2 Å². The molecule has 4 N–H and O–H groups in total. The minimum Gasteiger partial charge on any atom is -0.478 e. The fraction of sp³-hybridized carbons (Fsp3) is 0.182. The number of nitrogens with one attached hydrogen (secondary N) is 1. The summed E-state index contributed by atoms with van der Waals surface area (Å²) < 4.78 is 25.9. The van der Waals surface area contributed by atoms with E-state index in [1.54, 1.807) is 0 Å². The number of aromatic carboxylic acids is 1. The van der Waals surface area contributed by atoms with Crippen LogP contribution in [0.15, 0.2) is 23.1 Å². The second kappa shape index (κ2) is 5.53. The molecule has 0 atom stereocenters. The maximum atomic E-state index is 11.8. The number of nitrogen functional groups attached to an aromatic ring is 1. The molecule has 96 valence electrons. The Balaban J connectivity index is 3.03. The van der Waals surface area contributed by atoms with Crippen LogP contribution in [0.25, 0.3) is 0 Å². The second-order valence-electron chi connectivity index (χ2n) is 3.41. The summed E-state index contributed by atoms with van der Waals surface area (Å²) in [5.41, 5.74) is 5.33. The van der Waals surface area contributed by atoms with E-state index in [1.807, 2.05) is 0 Å². The number of hydrogen-bond donors (Lipinski definition) is 3. The Labute approximate surface area is 105 Å². The largest absolute Gasteiger partial charge is 0.478 e. The average molecular weight is 268 g/mol. The molecule has 1 rings (SSSR count). The Kier molecular flexibility index (Phi) is 4.31. The van der Waals surface area contributed by atoms with E-state index < -0.39 is 16.0 Å². The zero-order valence-electron chi connectivity index (χ0n) is 9.38. The Morgan fingerprint density at radius 1 is 1.50 bits per heavy atom. The molecule has 0 radical (unpaired) electrons. The molecule has 0 aliphatic heterocycles. The molecule has 0 unspecified atom stereocenters. The molecule has 1 aromatic rings. The van der Waals surface area contributed by atoms with Crippen LogP contribution < -0.4 is 10.5 Å². The fourth-order valence-electron chi connectivity index (χ4n) is 1.26. The Bertz CT molecular complexity index is 602. The Morgan fingerprint density at radius 2 is 2.17 bits per heavy atom.